The number of nitro groups is 1. The first kappa shape index (κ1) is 20.9. The molecular weight excluding hydrogens is 404 g/mol. The molecule has 3 rings (SSSR count). The van der Waals surface area contributed by atoms with Crippen LogP contribution >= 0.6 is 12.2 Å². The molecule has 3 aromatic carbocycles. The standard InChI is InChI=1S/C22H18N2O5S/c1-2-28-18-11-8-16(9-12-18)23-22(30)29-20-13-10-17(24(26)27)14-19(20)21(25)15-6-4-3-5-7-15/h3-14H,2H2,1H3,(H,23,30). The summed E-state index contributed by atoms with van der Waals surface area (Å²) in [6.07, 6.45) is 0. The minimum Gasteiger partial charge on any atom is -0.494 e. The minimum absolute atomic E-state index is 0.00451. The topological polar surface area (TPSA) is 90.7 Å². The Morgan fingerprint density at radius 1 is 1.07 bits per heavy atom. The summed E-state index contributed by atoms with van der Waals surface area (Å²) >= 11 is 5.24. The quantitative estimate of drug-likeness (QED) is 0.248. The first-order chi connectivity index (χ1) is 14.5. The predicted octanol–water partition coefficient (Wildman–Crippen LogP) is 5.00. The molecule has 0 aliphatic rings. The van der Waals surface area contributed by atoms with Crippen molar-refractivity contribution in [1.82, 2.24) is 0 Å². The number of ketones is 1. The zero-order valence-electron chi connectivity index (χ0n) is 16.0. The van der Waals surface area contributed by atoms with Gasteiger partial charge in [-0.15, -0.1) is 0 Å². The van der Waals surface area contributed by atoms with Crippen molar-refractivity contribution in [3.63, 3.8) is 0 Å². The normalized spacial score (nSPS) is 10.2. The lowest BCUT2D eigenvalue weighted by Crippen LogP contribution is -2.18. The van der Waals surface area contributed by atoms with Crippen LogP contribution in [0, 0.1) is 10.1 Å². The van der Waals surface area contributed by atoms with Crippen molar-refractivity contribution in [2.75, 3.05) is 11.9 Å². The monoisotopic (exact) mass is 422 g/mol. The van der Waals surface area contributed by atoms with Crippen molar-refractivity contribution in [3.8, 4) is 11.5 Å². The summed E-state index contributed by atoms with van der Waals surface area (Å²) in [6.45, 7) is 2.46. The summed E-state index contributed by atoms with van der Waals surface area (Å²) in [6, 6.07) is 19.4. The van der Waals surface area contributed by atoms with Crippen LogP contribution in [0.5, 0.6) is 11.5 Å². The van der Waals surface area contributed by atoms with Gasteiger partial charge in [0.25, 0.3) is 10.9 Å². The second-order valence-corrected chi connectivity index (χ2v) is 6.48. The van der Waals surface area contributed by atoms with E-state index in [1.54, 1.807) is 54.6 Å². The van der Waals surface area contributed by atoms with Gasteiger partial charge in [0.05, 0.1) is 17.1 Å². The molecule has 30 heavy (non-hydrogen) atoms. The second kappa shape index (κ2) is 9.62. The maximum atomic E-state index is 12.9. The predicted molar refractivity (Wildman–Crippen MR) is 117 cm³/mol. The van der Waals surface area contributed by atoms with Gasteiger partial charge in [0.15, 0.2) is 5.78 Å². The van der Waals surface area contributed by atoms with Gasteiger partial charge in [-0.25, -0.2) is 0 Å². The van der Waals surface area contributed by atoms with E-state index in [0.717, 1.165) is 5.75 Å². The molecule has 8 heteroatoms. The van der Waals surface area contributed by atoms with E-state index in [1.807, 2.05) is 6.92 Å². The Morgan fingerprint density at radius 3 is 2.40 bits per heavy atom. The van der Waals surface area contributed by atoms with E-state index in [-0.39, 0.29) is 22.2 Å². The molecule has 0 amide bonds. The zero-order chi connectivity index (χ0) is 21.5. The number of rotatable bonds is 7. The number of carbonyl (C=O) groups excluding carboxylic acids is 1. The lowest BCUT2D eigenvalue weighted by atomic mass is 10.0. The number of anilines is 1. The molecule has 0 atom stereocenters. The molecule has 0 fully saturated rings. The van der Waals surface area contributed by atoms with Crippen molar-refractivity contribution in [3.05, 3.63) is 94.0 Å². The molecule has 0 saturated carbocycles. The van der Waals surface area contributed by atoms with E-state index in [1.165, 1.54) is 18.2 Å². The van der Waals surface area contributed by atoms with Crippen molar-refractivity contribution < 1.29 is 19.2 Å². The summed E-state index contributed by atoms with van der Waals surface area (Å²) in [5.74, 6) is 0.442. The third kappa shape index (κ3) is 5.18. The van der Waals surface area contributed by atoms with Gasteiger partial charge in [-0.2, -0.15) is 0 Å². The Kier molecular flexibility index (Phi) is 6.71. The van der Waals surface area contributed by atoms with Gasteiger partial charge in [-0.3, -0.25) is 14.9 Å². The molecule has 0 unspecified atom stereocenters. The highest BCUT2D eigenvalue weighted by Gasteiger charge is 2.20. The average Bonchev–Trinajstić information content (AvgIpc) is 2.75. The van der Waals surface area contributed by atoms with Crippen molar-refractivity contribution in [2.24, 2.45) is 0 Å². The molecule has 152 valence electrons. The molecule has 0 aliphatic carbocycles. The number of ether oxygens (including phenoxy) is 2. The lowest BCUT2D eigenvalue weighted by Gasteiger charge is -2.13. The van der Waals surface area contributed by atoms with E-state index in [9.17, 15) is 14.9 Å². The molecule has 0 spiro atoms. The first-order valence-corrected chi connectivity index (χ1v) is 9.48. The van der Waals surface area contributed by atoms with Crippen LogP contribution in [-0.2, 0) is 0 Å². The molecule has 3 aromatic rings. The van der Waals surface area contributed by atoms with Crippen LogP contribution in [0.2, 0.25) is 0 Å². The summed E-state index contributed by atoms with van der Waals surface area (Å²) < 4.78 is 11.0. The second-order valence-electron chi connectivity index (χ2n) is 6.10. The summed E-state index contributed by atoms with van der Waals surface area (Å²) in [7, 11) is 0. The Hall–Kier alpha value is -3.78. The molecule has 0 aliphatic heterocycles. The van der Waals surface area contributed by atoms with E-state index < -0.39 is 10.7 Å². The first-order valence-electron chi connectivity index (χ1n) is 9.08. The fraction of sp³-hybridized carbons (Fsp3) is 0.0909. The number of nitrogens with one attached hydrogen (secondary N) is 1. The summed E-state index contributed by atoms with van der Waals surface area (Å²) in [5, 5.41) is 14.1. The maximum Gasteiger partial charge on any atom is 0.270 e. The number of benzene rings is 3. The van der Waals surface area contributed by atoms with Crippen LogP contribution in [0.4, 0.5) is 11.4 Å². The van der Waals surface area contributed by atoms with Crippen LogP contribution in [0.3, 0.4) is 0 Å². The Balaban J connectivity index is 1.83. The molecule has 0 heterocycles. The number of hydrogen-bond donors (Lipinski definition) is 1. The van der Waals surface area contributed by atoms with Crippen molar-refractivity contribution >= 4 is 34.6 Å². The maximum absolute atomic E-state index is 12.9. The van der Waals surface area contributed by atoms with Crippen LogP contribution in [-0.4, -0.2) is 22.5 Å². The molecule has 1 N–H and O–H groups in total. The van der Waals surface area contributed by atoms with Gasteiger partial charge < -0.3 is 14.8 Å². The average molecular weight is 422 g/mol. The van der Waals surface area contributed by atoms with Gasteiger partial charge in [0.1, 0.15) is 11.5 Å². The van der Waals surface area contributed by atoms with E-state index >= 15 is 0 Å². The summed E-state index contributed by atoms with van der Waals surface area (Å²) in [4.78, 5) is 23.5. The summed E-state index contributed by atoms with van der Waals surface area (Å²) in [5.41, 5.74) is 0.882. The van der Waals surface area contributed by atoms with Gasteiger partial charge in [-0.05, 0) is 49.5 Å². The van der Waals surface area contributed by atoms with Gasteiger partial charge in [-0.1, -0.05) is 30.3 Å². The van der Waals surface area contributed by atoms with E-state index in [2.05, 4.69) is 5.32 Å². The molecule has 0 radical (unpaired) electrons. The molecule has 0 saturated heterocycles. The molecule has 7 nitrogen and oxygen atoms in total. The Morgan fingerprint density at radius 2 is 1.77 bits per heavy atom. The number of hydrogen-bond acceptors (Lipinski definition) is 6. The van der Waals surface area contributed by atoms with E-state index in [0.29, 0.717) is 17.9 Å². The molecular formula is C22H18N2O5S. The third-order valence-corrected chi connectivity index (χ3v) is 4.25. The fourth-order valence-electron chi connectivity index (χ4n) is 2.69. The third-order valence-electron chi connectivity index (χ3n) is 4.07. The van der Waals surface area contributed by atoms with Crippen LogP contribution in [0.25, 0.3) is 0 Å². The number of thiocarbonyl (C=S) groups is 1. The van der Waals surface area contributed by atoms with Crippen molar-refractivity contribution in [2.45, 2.75) is 6.92 Å². The lowest BCUT2D eigenvalue weighted by molar-refractivity contribution is -0.384. The highest BCUT2D eigenvalue weighted by Crippen LogP contribution is 2.27. The van der Waals surface area contributed by atoms with Crippen LogP contribution < -0.4 is 14.8 Å². The SMILES string of the molecule is CCOc1ccc(NC(=S)Oc2ccc([N+](=O)[O-])cc2C(=O)c2ccccc2)cc1. The van der Waals surface area contributed by atoms with E-state index in [4.69, 9.17) is 21.7 Å². The van der Waals surface area contributed by atoms with Crippen LogP contribution in [0.15, 0.2) is 72.8 Å². The highest BCUT2D eigenvalue weighted by atomic mass is 32.1. The highest BCUT2D eigenvalue weighted by molar-refractivity contribution is 7.80. The largest absolute Gasteiger partial charge is 0.494 e. The fourth-order valence-corrected chi connectivity index (χ4v) is 2.90. The number of nitrogens with zero attached hydrogens (tertiary/aromatic N) is 1. The number of carbonyl (C=O) groups is 1. The van der Waals surface area contributed by atoms with Crippen molar-refractivity contribution in [1.29, 1.82) is 0 Å². The zero-order valence-corrected chi connectivity index (χ0v) is 16.8. The number of non-ortho nitro benzene ring substituents is 1. The minimum atomic E-state index is -0.567. The number of nitro benzene ring substituents is 1. The Labute approximate surface area is 178 Å². The molecule has 0 bridgehead atoms. The smallest absolute Gasteiger partial charge is 0.270 e. The molecule has 0 aromatic heterocycles. The van der Waals surface area contributed by atoms with Gasteiger partial charge >= 0.3 is 0 Å². The van der Waals surface area contributed by atoms with Gasteiger partial charge in [0.2, 0.25) is 0 Å². The van der Waals surface area contributed by atoms with Crippen LogP contribution in [0.1, 0.15) is 22.8 Å². The van der Waals surface area contributed by atoms with Gasteiger partial charge in [0, 0.05) is 23.4 Å². The Bertz CT molecular complexity index is 1070.